The van der Waals surface area contributed by atoms with Crippen molar-refractivity contribution in [2.24, 2.45) is 0 Å². The van der Waals surface area contributed by atoms with E-state index in [0.717, 1.165) is 10.2 Å². The SMILES string of the molecule is COc1nn(C(Cc2ccccc2)C(=O)Nc2ccc(C(=O)O)cc2)c(=O)cc1-c1cc(Cl)ccc1C(C)=O.[CaH2]. The van der Waals surface area contributed by atoms with Crippen molar-refractivity contribution < 1.29 is 24.2 Å². The molecule has 0 aliphatic heterocycles. The first-order chi connectivity index (χ1) is 18.7. The minimum atomic E-state index is -1.09. The zero-order valence-corrected chi connectivity index (χ0v) is 21.8. The molecule has 0 aliphatic rings. The summed E-state index contributed by atoms with van der Waals surface area (Å²) in [5.74, 6) is -1.84. The molecular weight excluding hydrogens is 562 g/mol. The molecular formula is C29H26CaClN3O6. The predicted molar refractivity (Wildman–Crippen MR) is 155 cm³/mol. The van der Waals surface area contributed by atoms with E-state index in [0.29, 0.717) is 21.8 Å². The molecule has 1 heterocycles. The van der Waals surface area contributed by atoms with Gasteiger partial charge in [-0.25, -0.2) is 9.48 Å². The number of methoxy groups -OCH3 is 1. The Kier molecular flexibility index (Phi) is 10.6. The van der Waals surface area contributed by atoms with Crippen molar-refractivity contribution in [2.45, 2.75) is 19.4 Å². The van der Waals surface area contributed by atoms with E-state index in [9.17, 15) is 19.2 Å². The van der Waals surface area contributed by atoms with E-state index >= 15 is 0 Å². The Balaban J connectivity index is 0.00000441. The summed E-state index contributed by atoms with van der Waals surface area (Å²) in [6.45, 7) is 1.40. The van der Waals surface area contributed by atoms with Gasteiger partial charge in [0.05, 0.1) is 18.2 Å². The van der Waals surface area contributed by atoms with Gasteiger partial charge in [0.15, 0.2) is 5.78 Å². The number of anilines is 1. The molecule has 0 bridgehead atoms. The van der Waals surface area contributed by atoms with Gasteiger partial charge in [-0.3, -0.25) is 14.4 Å². The van der Waals surface area contributed by atoms with E-state index in [2.05, 4.69) is 10.4 Å². The molecule has 0 fully saturated rings. The molecule has 1 aromatic heterocycles. The quantitative estimate of drug-likeness (QED) is 0.224. The first-order valence-corrected chi connectivity index (χ1v) is 12.2. The van der Waals surface area contributed by atoms with Crippen LogP contribution in [0.2, 0.25) is 5.02 Å². The zero-order chi connectivity index (χ0) is 28.1. The van der Waals surface area contributed by atoms with E-state index in [1.54, 1.807) is 18.2 Å². The number of aromatic nitrogens is 2. The number of carboxylic acid groups (broad SMARTS) is 1. The van der Waals surface area contributed by atoms with E-state index in [1.165, 1.54) is 44.4 Å². The van der Waals surface area contributed by atoms with Crippen LogP contribution >= 0.6 is 11.6 Å². The van der Waals surface area contributed by atoms with E-state index in [1.807, 2.05) is 30.3 Å². The normalized spacial score (nSPS) is 11.2. The molecule has 0 aliphatic carbocycles. The minimum absolute atomic E-state index is 0. The Labute approximate surface area is 264 Å². The van der Waals surface area contributed by atoms with Crippen LogP contribution in [0.25, 0.3) is 11.1 Å². The maximum absolute atomic E-state index is 13.5. The Morgan fingerprint density at radius 3 is 2.27 bits per heavy atom. The molecule has 1 atom stereocenters. The number of hydrogen-bond donors (Lipinski definition) is 2. The summed E-state index contributed by atoms with van der Waals surface area (Å²) in [6, 6.07) is 19.6. The number of ether oxygens (including phenoxy) is 1. The van der Waals surface area contributed by atoms with Crippen molar-refractivity contribution >= 4 is 72.7 Å². The third kappa shape index (κ3) is 7.17. The molecule has 0 saturated heterocycles. The summed E-state index contributed by atoms with van der Waals surface area (Å²) >= 11 is 6.18. The molecule has 4 rings (SSSR count). The Bertz CT molecular complexity index is 1610. The standard InChI is InChI=1S/C29H24ClN3O6.Ca.2H/c1-17(34)22-13-10-20(30)15-23(22)24-16-26(35)33(32-28(24)39-2)25(14-18-6-4-3-5-7-18)27(36)31-21-11-8-19(9-12-21)29(37)38;;;/h3-13,15-16,25H,14H2,1-2H3,(H,31,36)(H,37,38);;;. The van der Waals surface area contributed by atoms with Crippen LogP contribution in [-0.4, -0.2) is 77.4 Å². The number of hydrogen-bond acceptors (Lipinski definition) is 6. The second-order valence-corrected chi connectivity index (χ2v) is 9.11. The molecule has 40 heavy (non-hydrogen) atoms. The Morgan fingerprint density at radius 2 is 1.68 bits per heavy atom. The second kappa shape index (κ2) is 13.7. The monoisotopic (exact) mass is 587 g/mol. The van der Waals surface area contributed by atoms with Crippen molar-refractivity contribution in [1.82, 2.24) is 9.78 Å². The molecule has 9 nitrogen and oxygen atoms in total. The molecule has 11 heteroatoms. The summed E-state index contributed by atoms with van der Waals surface area (Å²) in [5, 5.41) is 16.6. The third-order valence-electron chi connectivity index (χ3n) is 6.04. The number of ketones is 1. The Hall–Kier alpha value is -3.50. The van der Waals surface area contributed by atoms with Crippen molar-refractivity contribution in [3.05, 3.63) is 111 Å². The zero-order valence-electron chi connectivity index (χ0n) is 21.1. The van der Waals surface area contributed by atoms with Gasteiger partial charge in [-0.05, 0) is 60.5 Å². The van der Waals surface area contributed by atoms with Crippen LogP contribution in [0, 0.1) is 0 Å². The van der Waals surface area contributed by atoms with Gasteiger partial charge < -0.3 is 15.2 Å². The first-order valence-electron chi connectivity index (χ1n) is 11.8. The van der Waals surface area contributed by atoms with Gasteiger partial charge in [-0.2, -0.15) is 0 Å². The molecule has 4 aromatic rings. The van der Waals surface area contributed by atoms with Crippen molar-refractivity contribution in [3.63, 3.8) is 0 Å². The number of rotatable bonds is 9. The average Bonchev–Trinajstić information content (AvgIpc) is 2.92. The van der Waals surface area contributed by atoms with Crippen LogP contribution in [0.4, 0.5) is 5.69 Å². The van der Waals surface area contributed by atoms with E-state index in [-0.39, 0.29) is 66.9 Å². The van der Waals surface area contributed by atoms with Crippen molar-refractivity contribution in [1.29, 1.82) is 0 Å². The van der Waals surface area contributed by atoms with E-state index in [4.69, 9.17) is 21.4 Å². The van der Waals surface area contributed by atoms with Crippen molar-refractivity contribution in [3.8, 4) is 17.0 Å². The summed E-state index contributed by atoms with van der Waals surface area (Å²) in [6.07, 6.45) is 0.130. The number of amides is 1. The molecule has 202 valence electrons. The number of carboxylic acids is 1. The van der Waals surface area contributed by atoms with Gasteiger partial charge in [0.2, 0.25) is 11.8 Å². The van der Waals surface area contributed by atoms with Gasteiger partial charge in [-0.15, -0.1) is 5.10 Å². The third-order valence-corrected chi connectivity index (χ3v) is 6.27. The van der Waals surface area contributed by atoms with Gasteiger partial charge in [0, 0.05) is 28.8 Å². The molecule has 0 radical (unpaired) electrons. The topological polar surface area (TPSA) is 128 Å². The summed E-state index contributed by atoms with van der Waals surface area (Å²) in [5.41, 5.74) is 1.57. The fraction of sp³-hybridized carbons (Fsp3) is 0.138. The Morgan fingerprint density at radius 1 is 1.00 bits per heavy atom. The maximum atomic E-state index is 13.5. The van der Waals surface area contributed by atoms with Crippen LogP contribution in [0.1, 0.15) is 39.2 Å². The number of nitrogens with one attached hydrogen (secondary N) is 1. The number of Topliss-reactive ketones (excluding diaryl/α,β-unsaturated/α-hetero) is 1. The number of carbonyl (C=O) groups is 3. The molecule has 0 spiro atoms. The predicted octanol–water partition coefficient (Wildman–Crippen LogP) is 3.98. The molecule has 2 N–H and O–H groups in total. The van der Waals surface area contributed by atoms with Gasteiger partial charge >= 0.3 is 43.7 Å². The number of nitrogens with zero attached hydrogens (tertiary/aromatic N) is 2. The molecule has 1 unspecified atom stereocenters. The number of aromatic carboxylic acids is 1. The van der Waals surface area contributed by atoms with E-state index < -0.39 is 23.5 Å². The molecule has 1 amide bonds. The van der Waals surface area contributed by atoms with Crippen LogP contribution in [0.5, 0.6) is 5.88 Å². The molecule has 0 saturated carbocycles. The summed E-state index contributed by atoms with van der Waals surface area (Å²) < 4.78 is 6.53. The fourth-order valence-corrected chi connectivity index (χ4v) is 4.29. The number of carbonyl (C=O) groups excluding carboxylic acids is 2. The van der Waals surface area contributed by atoms with Crippen LogP contribution in [0.15, 0.2) is 83.7 Å². The molecule has 3 aromatic carbocycles. The van der Waals surface area contributed by atoms with Gasteiger partial charge in [-0.1, -0.05) is 41.9 Å². The van der Waals surface area contributed by atoms with Gasteiger partial charge in [0.1, 0.15) is 6.04 Å². The number of benzene rings is 3. The van der Waals surface area contributed by atoms with Crippen LogP contribution in [0.3, 0.4) is 0 Å². The number of halogens is 1. The summed E-state index contributed by atoms with van der Waals surface area (Å²) in [7, 11) is 1.37. The van der Waals surface area contributed by atoms with Crippen molar-refractivity contribution in [2.75, 3.05) is 12.4 Å². The summed E-state index contributed by atoms with van der Waals surface area (Å²) in [4.78, 5) is 50.4. The van der Waals surface area contributed by atoms with Gasteiger partial charge in [0.25, 0.3) is 5.56 Å². The first kappa shape index (κ1) is 31.0. The van der Waals surface area contributed by atoms with Crippen LogP contribution in [-0.2, 0) is 11.2 Å². The second-order valence-electron chi connectivity index (χ2n) is 8.67. The fourth-order valence-electron chi connectivity index (χ4n) is 4.11. The van der Waals surface area contributed by atoms with Crippen LogP contribution < -0.4 is 15.6 Å². The average molecular weight is 588 g/mol.